The number of allylic oxidation sites excluding steroid dienone is 2. The van der Waals surface area contributed by atoms with Crippen molar-refractivity contribution in [3.8, 4) is 0 Å². The minimum absolute atomic E-state index is 0.0334. The van der Waals surface area contributed by atoms with E-state index in [1.807, 2.05) is 6.92 Å². The molecule has 1 fully saturated rings. The number of hydrogen-bond donors (Lipinski definition) is 2. The molecule has 7 heteroatoms. The van der Waals surface area contributed by atoms with Gasteiger partial charge >= 0.3 is 0 Å². The van der Waals surface area contributed by atoms with Gasteiger partial charge in [0.25, 0.3) is 5.91 Å². The highest BCUT2D eigenvalue weighted by Crippen LogP contribution is 2.52. The van der Waals surface area contributed by atoms with E-state index in [1.165, 1.54) is 17.3 Å². The molecule has 3 atom stereocenters. The number of carbonyl (C=O) groups is 2. The van der Waals surface area contributed by atoms with E-state index >= 15 is 0 Å². The molecule has 128 valence electrons. The van der Waals surface area contributed by atoms with Crippen molar-refractivity contribution in [2.24, 2.45) is 17.3 Å². The van der Waals surface area contributed by atoms with Crippen LogP contribution in [-0.4, -0.2) is 26.7 Å². The van der Waals surface area contributed by atoms with Gasteiger partial charge in [0.1, 0.15) is 12.7 Å². The van der Waals surface area contributed by atoms with Crippen LogP contribution in [0.25, 0.3) is 0 Å². The van der Waals surface area contributed by atoms with Crippen LogP contribution < -0.4 is 10.7 Å². The van der Waals surface area contributed by atoms with Crippen molar-refractivity contribution in [2.75, 3.05) is 10.7 Å². The smallest absolute Gasteiger partial charge is 0.272 e. The molecule has 2 aliphatic rings. The molecular weight excluding hydrogens is 318 g/mol. The zero-order valence-electron chi connectivity index (χ0n) is 13.8. The molecule has 0 saturated heterocycles. The Balaban J connectivity index is 1.54. The van der Waals surface area contributed by atoms with Gasteiger partial charge < -0.3 is 5.32 Å². The second-order valence-electron chi connectivity index (χ2n) is 6.92. The van der Waals surface area contributed by atoms with Gasteiger partial charge in [-0.1, -0.05) is 31.2 Å². The summed E-state index contributed by atoms with van der Waals surface area (Å²) in [5.41, 5.74) is 3.13. The summed E-state index contributed by atoms with van der Waals surface area (Å²) in [6, 6.07) is 6.98. The van der Waals surface area contributed by atoms with Crippen LogP contribution in [0.3, 0.4) is 0 Å². The van der Waals surface area contributed by atoms with E-state index < -0.39 is 5.41 Å². The maximum atomic E-state index is 12.9. The first-order chi connectivity index (χ1) is 12.1. The third kappa shape index (κ3) is 2.71. The van der Waals surface area contributed by atoms with Gasteiger partial charge in [-0.3, -0.25) is 15.0 Å². The minimum atomic E-state index is -0.419. The highest BCUT2D eigenvalue weighted by Gasteiger charge is 2.49. The number of anilines is 1. The van der Waals surface area contributed by atoms with Crippen LogP contribution in [0, 0.1) is 17.3 Å². The van der Waals surface area contributed by atoms with E-state index in [4.69, 9.17) is 0 Å². The van der Waals surface area contributed by atoms with E-state index in [-0.39, 0.29) is 17.7 Å². The molecule has 1 saturated carbocycles. The SMILES string of the molecule is CC1(C(=O)Nc2ccccc2C(=O)Nn2cnnc2)CC2C=CC1C2. The number of para-hydroxylation sites is 1. The molecule has 25 heavy (non-hydrogen) atoms. The Kier molecular flexibility index (Phi) is 3.63. The fraction of sp³-hybridized carbons (Fsp3) is 0.333. The van der Waals surface area contributed by atoms with Crippen LogP contribution in [-0.2, 0) is 4.79 Å². The van der Waals surface area contributed by atoms with Crippen LogP contribution in [0.4, 0.5) is 5.69 Å². The van der Waals surface area contributed by atoms with Crippen LogP contribution in [0.5, 0.6) is 0 Å². The van der Waals surface area contributed by atoms with Crippen molar-refractivity contribution in [3.05, 3.63) is 54.6 Å². The zero-order chi connectivity index (χ0) is 17.4. The summed E-state index contributed by atoms with van der Waals surface area (Å²) < 4.78 is 1.36. The number of nitrogens with zero attached hydrogens (tertiary/aromatic N) is 3. The second-order valence-corrected chi connectivity index (χ2v) is 6.92. The van der Waals surface area contributed by atoms with Crippen molar-refractivity contribution in [1.82, 2.24) is 14.9 Å². The van der Waals surface area contributed by atoms with Crippen molar-refractivity contribution >= 4 is 17.5 Å². The highest BCUT2D eigenvalue weighted by atomic mass is 16.2. The molecule has 1 heterocycles. The third-order valence-electron chi connectivity index (χ3n) is 5.26. The first-order valence-electron chi connectivity index (χ1n) is 8.31. The van der Waals surface area contributed by atoms with Gasteiger partial charge in [0.15, 0.2) is 0 Å². The largest absolute Gasteiger partial charge is 0.325 e. The normalized spacial score (nSPS) is 26.6. The van der Waals surface area contributed by atoms with E-state index in [2.05, 4.69) is 33.1 Å². The van der Waals surface area contributed by atoms with Crippen LogP contribution in [0.1, 0.15) is 30.1 Å². The Morgan fingerprint density at radius 3 is 2.64 bits per heavy atom. The second kappa shape index (κ2) is 5.84. The molecule has 0 radical (unpaired) electrons. The molecule has 2 amide bonds. The summed E-state index contributed by atoms with van der Waals surface area (Å²) >= 11 is 0. The fourth-order valence-electron chi connectivity index (χ4n) is 3.85. The molecule has 0 aliphatic heterocycles. The Morgan fingerprint density at radius 2 is 1.96 bits per heavy atom. The molecule has 2 aliphatic carbocycles. The molecule has 4 rings (SSSR count). The maximum absolute atomic E-state index is 12.9. The lowest BCUT2D eigenvalue weighted by molar-refractivity contribution is -0.126. The number of aromatic nitrogens is 3. The predicted molar refractivity (Wildman–Crippen MR) is 92.2 cm³/mol. The Labute approximate surface area is 145 Å². The number of hydrogen-bond acceptors (Lipinski definition) is 4. The monoisotopic (exact) mass is 337 g/mol. The maximum Gasteiger partial charge on any atom is 0.272 e. The van der Waals surface area contributed by atoms with Crippen molar-refractivity contribution < 1.29 is 9.59 Å². The molecule has 1 aromatic heterocycles. The van der Waals surface area contributed by atoms with Gasteiger partial charge in [-0.15, -0.1) is 10.2 Å². The third-order valence-corrected chi connectivity index (χ3v) is 5.26. The summed E-state index contributed by atoms with van der Waals surface area (Å²) in [4.78, 5) is 25.4. The molecule has 3 unspecified atom stereocenters. The number of amides is 2. The van der Waals surface area contributed by atoms with Gasteiger partial charge in [0.05, 0.1) is 16.7 Å². The molecule has 7 nitrogen and oxygen atoms in total. The standard InChI is InChI=1S/C18H19N5O2/c1-18(9-12-6-7-13(18)8-12)17(25)21-15-5-3-2-4-14(15)16(24)22-23-10-19-20-11-23/h2-7,10-13H,8-9H2,1H3,(H,21,25)(H,22,24). The lowest BCUT2D eigenvalue weighted by atomic mass is 9.76. The average Bonchev–Trinajstić information content (AvgIpc) is 3.32. The number of fused-ring (bicyclic) bond motifs is 2. The van der Waals surface area contributed by atoms with Crippen LogP contribution >= 0.6 is 0 Å². The predicted octanol–water partition coefficient (Wildman–Crippen LogP) is 2.20. The summed E-state index contributed by atoms with van der Waals surface area (Å²) in [6.07, 6.45) is 9.04. The average molecular weight is 337 g/mol. The number of rotatable bonds is 4. The number of carbonyl (C=O) groups excluding carboxylic acids is 2. The first kappa shape index (κ1) is 15.6. The molecular formula is C18H19N5O2. The summed E-state index contributed by atoms with van der Waals surface area (Å²) in [6.45, 7) is 2.01. The van der Waals surface area contributed by atoms with Crippen molar-refractivity contribution in [3.63, 3.8) is 0 Å². The summed E-state index contributed by atoms with van der Waals surface area (Å²) in [7, 11) is 0. The first-order valence-corrected chi connectivity index (χ1v) is 8.31. The van der Waals surface area contributed by atoms with Crippen LogP contribution in [0.15, 0.2) is 49.1 Å². The van der Waals surface area contributed by atoms with E-state index in [0.29, 0.717) is 17.2 Å². The lowest BCUT2D eigenvalue weighted by Gasteiger charge is -2.30. The fourth-order valence-corrected chi connectivity index (χ4v) is 3.85. The molecule has 0 spiro atoms. The lowest BCUT2D eigenvalue weighted by Crippen LogP contribution is -2.37. The molecule has 2 bridgehead atoms. The van der Waals surface area contributed by atoms with Gasteiger partial charge in [0, 0.05) is 0 Å². The van der Waals surface area contributed by atoms with Crippen molar-refractivity contribution in [1.29, 1.82) is 0 Å². The summed E-state index contributed by atoms with van der Waals surface area (Å²) in [5, 5.41) is 10.3. The van der Waals surface area contributed by atoms with Gasteiger partial charge in [-0.25, -0.2) is 4.68 Å². The van der Waals surface area contributed by atoms with E-state index in [0.717, 1.165) is 12.8 Å². The quantitative estimate of drug-likeness (QED) is 0.837. The highest BCUT2D eigenvalue weighted by molar-refractivity contribution is 6.08. The van der Waals surface area contributed by atoms with Crippen molar-refractivity contribution in [2.45, 2.75) is 19.8 Å². The Bertz CT molecular complexity index is 845. The molecule has 2 N–H and O–H groups in total. The summed E-state index contributed by atoms with van der Waals surface area (Å²) in [5.74, 6) is 0.395. The minimum Gasteiger partial charge on any atom is -0.325 e. The Hall–Kier alpha value is -2.96. The topological polar surface area (TPSA) is 88.9 Å². The van der Waals surface area contributed by atoms with E-state index in [9.17, 15) is 9.59 Å². The molecule has 2 aromatic rings. The number of nitrogens with one attached hydrogen (secondary N) is 2. The molecule has 1 aromatic carbocycles. The van der Waals surface area contributed by atoms with E-state index in [1.54, 1.807) is 24.3 Å². The van der Waals surface area contributed by atoms with Crippen LogP contribution in [0.2, 0.25) is 0 Å². The van der Waals surface area contributed by atoms with Gasteiger partial charge in [0.2, 0.25) is 5.91 Å². The van der Waals surface area contributed by atoms with Gasteiger partial charge in [-0.05, 0) is 36.8 Å². The van der Waals surface area contributed by atoms with Gasteiger partial charge in [-0.2, -0.15) is 0 Å². The Morgan fingerprint density at radius 1 is 1.20 bits per heavy atom. The zero-order valence-corrected chi connectivity index (χ0v) is 13.8. The number of benzene rings is 1.